The summed E-state index contributed by atoms with van der Waals surface area (Å²) in [5.74, 6) is 1.60. The van der Waals surface area contributed by atoms with E-state index in [0.717, 1.165) is 35.8 Å². The molecular formula is C13H15N3OS. The van der Waals surface area contributed by atoms with Crippen LogP contribution in [0, 0.1) is 4.64 Å². The van der Waals surface area contributed by atoms with Gasteiger partial charge in [-0.2, -0.15) is 0 Å². The molecule has 2 rings (SSSR count). The van der Waals surface area contributed by atoms with E-state index in [9.17, 15) is 0 Å². The fraction of sp³-hybridized carbons (Fsp3) is 0.308. The first-order chi connectivity index (χ1) is 8.74. The van der Waals surface area contributed by atoms with Crippen molar-refractivity contribution in [3.63, 3.8) is 0 Å². The second-order valence-corrected chi connectivity index (χ2v) is 4.30. The number of aryl methyl sites for hydroxylation is 1. The molecule has 5 heteroatoms. The molecule has 0 amide bonds. The van der Waals surface area contributed by atoms with Gasteiger partial charge in [0, 0.05) is 18.7 Å². The molecule has 18 heavy (non-hydrogen) atoms. The first-order valence-corrected chi connectivity index (χ1v) is 6.25. The van der Waals surface area contributed by atoms with Crippen molar-refractivity contribution in [3.05, 3.63) is 34.9 Å². The minimum atomic E-state index is 0.569. The summed E-state index contributed by atoms with van der Waals surface area (Å²) in [7, 11) is 1.63. The van der Waals surface area contributed by atoms with E-state index in [2.05, 4.69) is 21.9 Å². The molecule has 0 atom stereocenters. The standard InChI is InChI=1S/C13H15N3OS/c1-3-5-11-15-9(8-12(18)16-11)13-10(17-2)6-4-7-14-13/h4,6-8H,3,5H2,1-2H3,(H,15,16,18). The number of aromatic amines is 1. The van der Waals surface area contributed by atoms with Gasteiger partial charge in [-0.05, 0) is 18.6 Å². The lowest BCUT2D eigenvalue weighted by molar-refractivity contribution is 0.414. The average molecular weight is 261 g/mol. The van der Waals surface area contributed by atoms with Gasteiger partial charge in [0.15, 0.2) is 0 Å². The largest absolute Gasteiger partial charge is 0.494 e. The maximum atomic E-state index is 5.30. The Labute approximate surface area is 111 Å². The molecule has 0 fully saturated rings. The summed E-state index contributed by atoms with van der Waals surface area (Å²) in [4.78, 5) is 11.9. The summed E-state index contributed by atoms with van der Waals surface area (Å²) in [6, 6.07) is 5.52. The Bertz CT molecular complexity index is 595. The zero-order valence-electron chi connectivity index (χ0n) is 10.4. The Morgan fingerprint density at radius 3 is 3.00 bits per heavy atom. The van der Waals surface area contributed by atoms with Crippen LogP contribution in [0.1, 0.15) is 19.2 Å². The van der Waals surface area contributed by atoms with Crippen molar-refractivity contribution in [1.82, 2.24) is 15.0 Å². The lowest BCUT2D eigenvalue weighted by Gasteiger charge is -2.08. The quantitative estimate of drug-likeness (QED) is 0.859. The van der Waals surface area contributed by atoms with E-state index >= 15 is 0 Å². The van der Waals surface area contributed by atoms with Crippen LogP contribution in [0.15, 0.2) is 24.4 Å². The zero-order valence-corrected chi connectivity index (χ0v) is 11.3. The molecule has 0 aliphatic rings. The molecule has 0 bridgehead atoms. The molecule has 94 valence electrons. The van der Waals surface area contributed by atoms with Crippen molar-refractivity contribution in [1.29, 1.82) is 0 Å². The minimum absolute atomic E-state index is 0.569. The van der Waals surface area contributed by atoms with Crippen LogP contribution in [0.2, 0.25) is 0 Å². The van der Waals surface area contributed by atoms with E-state index in [1.54, 1.807) is 19.4 Å². The molecule has 2 aromatic heterocycles. The average Bonchev–Trinajstić information content (AvgIpc) is 2.38. The van der Waals surface area contributed by atoms with Crippen molar-refractivity contribution < 1.29 is 4.74 Å². The topological polar surface area (TPSA) is 50.8 Å². The van der Waals surface area contributed by atoms with E-state index in [1.807, 2.05) is 12.1 Å². The number of nitrogens with one attached hydrogen (secondary N) is 1. The normalized spacial score (nSPS) is 10.3. The second-order valence-electron chi connectivity index (χ2n) is 3.88. The number of hydrogen-bond acceptors (Lipinski definition) is 4. The predicted molar refractivity (Wildman–Crippen MR) is 73.2 cm³/mol. The lowest BCUT2D eigenvalue weighted by atomic mass is 10.2. The number of nitrogens with zero attached hydrogens (tertiary/aromatic N) is 2. The van der Waals surface area contributed by atoms with Gasteiger partial charge in [0.2, 0.25) is 0 Å². The van der Waals surface area contributed by atoms with Gasteiger partial charge in [-0.25, -0.2) is 4.98 Å². The summed E-state index contributed by atoms with van der Waals surface area (Å²) in [5.41, 5.74) is 1.60. The van der Waals surface area contributed by atoms with Crippen molar-refractivity contribution in [2.45, 2.75) is 19.8 Å². The fourth-order valence-electron chi connectivity index (χ4n) is 1.75. The molecule has 1 N–H and O–H groups in total. The maximum absolute atomic E-state index is 5.30. The third-order valence-corrected chi connectivity index (χ3v) is 2.73. The number of rotatable bonds is 4. The molecule has 0 spiro atoms. The molecular weight excluding hydrogens is 246 g/mol. The molecule has 0 aromatic carbocycles. The van der Waals surface area contributed by atoms with Crippen molar-refractivity contribution in [2.24, 2.45) is 0 Å². The van der Waals surface area contributed by atoms with Crippen molar-refractivity contribution in [3.8, 4) is 17.1 Å². The van der Waals surface area contributed by atoms with Crippen LogP contribution in [0.5, 0.6) is 5.75 Å². The van der Waals surface area contributed by atoms with Crippen LogP contribution in [0.4, 0.5) is 0 Å². The van der Waals surface area contributed by atoms with Crippen LogP contribution >= 0.6 is 12.2 Å². The molecule has 2 aromatic rings. The van der Waals surface area contributed by atoms with E-state index in [-0.39, 0.29) is 0 Å². The predicted octanol–water partition coefficient (Wildman–Crippen LogP) is 3.16. The number of pyridine rings is 1. The van der Waals surface area contributed by atoms with Crippen LogP contribution in [0.25, 0.3) is 11.4 Å². The van der Waals surface area contributed by atoms with Crippen molar-refractivity contribution in [2.75, 3.05) is 7.11 Å². The second kappa shape index (κ2) is 5.73. The highest BCUT2D eigenvalue weighted by Crippen LogP contribution is 2.25. The summed E-state index contributed by atoms with van der Waals surface area (Å²) in [6.07, 6.45) is 3.61. The highest BCUT2D eigenvalue weighted by atomic mass is 32.1. The van der Waals surface area contributed by atoms with Gasteiger partial charge in [-0.3, -0.25) is 4.98 Å². The first kappa shape index (κ1) is 12.7. The van der Waals surface area contributed by atoms with Crippen LogP contribution in [-0.4, -0.2) is 22.1 Å². The van der Waals surface area contributed by atoms with Gasteiger partial charge in [0.1, 0.15) is 21.9 Å². The third-order valence-electron chi connectivity index (χ3n) is 2.52. The smallest absolute Gasteiger partial charge is 0.146 e. The highest BCUT2D eigenvalue weighted by molar-refractivity contribution is 7.71. The van der Waals surface area contributed by atoms with E-state index in [1.165, 1.54) is 0 Å². The summed E-state index contributed by atoms with van der Waals surface area (Å²) in [6.45, 7) is 2.10. The Hall–Kier alpha value is -1.75. The van der Waals surface area contributed by atoms with Gasteiger partial charge >= 0.3 is 0 Å². The van der Waals surface area contributed by atoms with Gasteiger partial charge < -0.3 is 9.72 Å². The SMILES string of the molecule is CCCc1nc(=S)cc(-c2ncccc2OC)[nH]1. The van der Waals surface area contributed by atoms with Crippen LogP contribution in [0.3, 0.4) is 0 Å². The number of hydrogen-bond donors (Lipinski definition) is 1. The van der Waals surface area contributed by atoms with E-state index in [0.29, 0.717) is 4.64 Å². The molecule has 0 saturated heterocycles. The zero-order chi connectivity index (χ0) is 13.0. The van der Waals surface area contributed by atoms with Gasteiger partial charge in [-0.15, -0.1) is 0 Å². The molecule has 0 aliphatic heterocycles. The Morgan fingerprint density at radius 1 is 1.44 bits per heavy atom. The Morgan fingerprint density at radius 2 is 2.28 bits per heavy atom. The van der Waals surface area contributed by atoms with Gasteiger partial charge in [-0.1, -0.05) is 19.1 Å². The lowest BCUT2D eigenvalue weighted by Crippen LogP contribution is -1.99. The molecule has 0 unspecified atom stereocenters. The molecule has 0 radical (unpaired) electrons. The number of H-pyrrole nitrogens is 1. The minimum Gasteiger partial charge on any atom is -0.494 e. The summed E-state index contributed by atoms with van der Waals surface area (Å²) in [5, 5.41) is 0. The first-order valence-electron chi connectivity index (χ1n) is 5.84. The summed E-state index contributed by atoms with van der Waals surface area (Å²) >= 11 is 5.18. The Balaban J connectivity index is 2.53. The number of methoxy groups -OCH3 is 1. The molecule has 2 heterocycles. The highest BCUT2D eigenvalue weighted by Gasteiger charge is 2.08. The molecule has 0 aliphatic carbocycles. The van der Waals surface area contributed by atoms with Gasteiger partial charge in [0.25, 0.3) is 0 Å². The summed E-state index contributed by atoms with van der Waals surface area (Å²) < 4.78 is 5.87. The molecule has 4 nitrogen and oxygen atoms in total. The third kappa shape index (κ3) is 2.73. The van der Waals surface area contributed by atoms with Crippen LogP contribution in [-0.2, 0) is 6.42 Å². The van der Waals surface area contributed by atoms with Crippen LogP contribution < -0.4 is 4.74 Å². The Kier molecular flexibility index (Phi) is 4.04. The fourth-order valence-corrected chi connectivity index (χ4v) is 1.98. The molecule has 0 saturated carbocycles. The van der Waals surface area contributed by atoms with Crippen molar-refractivity contribution >= 4 is 12.2 Å². The van der Waals surface area contributed by atoms with E-state index in [4.69, 9.17) is 17.0 Å². The number of aromatic nitrogens is 3. The van der Waals surface area contributed by atoms with Gasteiger partial charge in [0.05, 0.1) is 12.8 Å². The van der Waals surface area contributed by atoms with E-state index < -0.39 is 0 Å². The maximum Gasteiger partial charge on any atom is 0.146 e. The monoisotopic (exact) mass is 261 g/mol. The number of ether oxygens (including phenoxy) is 1.